The minimum Gasteiger partial charge on any atom is -0.310 e. The lowest BCUT2D eigenvalue weighted by atomic mass is 9.70. The molecule has 0 saturated carbocycles. The van der Waals surface area contributed by atoms with Crippen LogP contribution >= 0.6 is 0 Å². The molecule has 0 saturated heterocycles. The first-order valence-electron chi connectivity index (χ1n) is 21.4. The monoisotopic (exact) mass is 765 g/mol. The molecule has 0 heterocycles. The Bertz CT molecular complexity index is 3280. The van der Waals surface area contributed by atoms with Crippen LogP contribution in [0.4, 0.5) is 17.1 Å². The Morgan fingerprint density at radius 2 is 0.733 bits per heavy atom. The number of nitrogens with zero attached hydrogens (tertiary/aromatic N) is 1. The number of anilines is 3. The second-order valence-electron chi connectivity index (χ2n) is 18.4. The highest BCUT2D eigenvalue weighted by Crippen LogP contribution is 2.64. The average Bonchev–Trinajstić information content (AvgIpc) is 3.91. The molecule has 1 spiro atoms. The van der Waals surface area contributed by atoms with E-state index in [0.29, 0.717) is 0 Å². The van der Waals surface area contributed by atoms with Gasteiger partial charge >= 0.3 is 0 Å². The van der Waals surface area contributed by atoms with E-state index in [9.17, 15) is 0 Å². The highest BCUT2D eigenvalue weighted by atomic mass is 15.1. The molecule has 9 aromatic rings. The SMILES string of the molecule is CC1(C)c2cc(N(c3ccc4c(c3)C3(c5ccccc5-c5ccccc53)c3ccccc3-4)c3cccc4c3-c3ccccc3C4(C)C)ccc2-c2cc3ccccc3cc21. The van der Waals surface area contributed by atoms with Crippen molar-refractivity contribution in [1.29, 1.82) is 0 Å². The lowest BCUT2D eigenvalue weighted by molar-refractivity contribution is 0.660. The Morgan fingerprint density at radius 3 is 1.35 bits per heavy atom. The number of fused-ring (bicyclic) bond motifs is 17. The number of rotatable bonds is 3. The largest absolute Gasteiger partial charge is 0.310 e. The molecular weight excluding hydrogens is 723 g/mol. The first-order chi connectivity index (χ1) is 29.3. The Labute approximate surface area is 352 Å². The molecule has 1 heteroatoms. The van der Waals surface area contributed by atoms with Crippen molar-refractivity contribution in [1.82, 2.24) is 0 Å². The van der Waals surface area contributed by atoms with E-state index in [4.69, 9.17) is 0 Å². The third kappa shape index (κ3) is 4.12. The van der Waals surface area contributed by atoms with Gasteiger partial charge in [-0.1, -0.05) is 173 Å². The van der Waals surface area contributed by atoms with Crippen molar-refractivity contribution in [2.24, 2.45) is 0 Å². The summed E-state index contributed by atoms with van der Waals surface area (Å²) in [6, 6.07) is 71.6. The van der Waals surface area contributed by atoms with Crippen LogP contribution in [-0.2, 0) is 16.2 Å². The average molecular weight is 766 g/mol. The zero-order valence-corrected chi connectivity index (χ0v) is 34.3. The Balaban J connectivity index is 1.09. The maximum absolute atomic E-state index is 2.58. The highest BCUT2D eigenvalue weighted by molar-refractivity contribution is 6.00. The number of hydrogen-bond donors (Lipinski definition) is 0. The van der Waals surface area contributed by atoms with Gasteiger partial charge in [-0.15, -0.1) is 0 Å². The van der Waals surface area contributed by atoms with Gasteiger partial charge in [-0.25, -0.2) is 0 Å². The molecule has 0 aromatic heterocycles. The first-order valence-corrected chi connectivity index (χ1v) is 21.4. The first kappa shape index (κ1) is 34.0. The van der Waals surface area contributed by atoms with Gasteiger partial charge in [0.15, 0.2) is 0 Å². The molecule has 4 aliphatic carbocycles. The molecular formula is C59H43N. The predicted molar refractivity (Wildman–Crippen MR) is 250 cm³/mol. The van der Waals surface area contributed by atoms with Crippen LogP contribution in [0.25, 0.3) is 55.3 Å². The van der Waals surface area contributed by atoms with Gasteiger partial charge in [0.1, 0.15) is 0 Å². The molecule has 60 heavy (non-hydrogen) atoms. The topological polar surface area (TPSA) is 3.24 Å². The zero-order chi connectivity index (χ0) is 40.1. The molecule has 4 aliphatic rings. The molecule has 284 valence electrons. The van der Waals surface area contributed by atoms with Gasteiger partial charge in [-0.2, -0.15) is 0 Å². The maximum Gasteiger partial charge on any atom is 0.0726 e. The number of hydrogen-bond acceptors (Lipinski definition) is 1. The van der Waals surface area contributed by atoms with Crippen molar-refractivity contribution < 1.29 is 0 Å². The van der Waals surface area contributed by atoms with Crippen LogP contribution in [0.5, 0.6) is 0 Å². The van der Waals surface area contributed by atoms with E-state index in [1.807, 2.05) is 0 Å². The van der Waals surface area contributed by atoms with Gasteiger partial charge < -0.3 is 4.90 Å². The molecule has 0 N–H and O–H groups in total. The smallest absolute Gasteiger partial charge is 0.0726 e. The van der Waals surface area contributed by atoms with Gasteiger partial charge in [0.25, 0.3) is 0 Å². The summed E-state index contributed by atoms with van der Waals surface area (Å²) in [5, 5.41) is 2.58. The third-order valence-electron chi connectivity index (χ3n) is 14.8. The standard InChI is InChI=1S/C59H43N/c1-57(2)47-22-11-10-21-45(47)56-51(57)26-15-27-55(56)60(38-29-31-44-46-32-36-16-5-6-17-37(36)33-52(46)58(3,4)53(44)34-38)39-28-30-43-42-20-9-14-25-50(42)59(54(43)35-39)48-23-12-7-18-40(48)41-19-8-13-24-49(41)59/h5-35H,1-4H3. The second-order valence-corrected chi connectivity index (χ2v) is 18.4. The van der Waals surface area contributed by atoms with E-state index in [0.717, 1.165) is 5.69 Å². The van der Waals surface area contributed by atoms with Crippen LogP contribution in [0.1, 0.15) is 72.2 Å². The summed E-state index contributed by atoms with van der Waals surface area (Å²) in [4.78, 5) is 2.58. The van der Waals surface area contributed by atoms with Crippen molar-refractivity contribution in [3.63, 3.8) is 0 Å². The van der Waals surface area contributed by atoms with Crippen molar-refractivity contribution in [3.8, 4) is 44.5 Å². The molecule has 0 unspecified atom stereocenters. The zero-order valence-electron chi connectivity index (χ0n) is 34.3. The van der Waals surface area contributed by atoms with Crippen LogP contribution in [0.2, 0.25) is 0 Å². The minimum absolute atomic E-state index is 0.127. The van der Waals surface area contributed by atoms with Crippen molar-refractivity contribution in [3.05, 3.63) is 233 Å². The van der Waals surface area contributed by atoms with Gasteiger partial charge in [0.2, 0.25) is 0 Å². The maximum atomic E-state index is 2.58. The second kappa shape index (κ2) is 11.6. The molecule has 0 radical (unpaired) electrons. The Hall–Kier alpha value is -6.96. The van der Waals surface area contributed by atoms with E-state index in [1.165, 1.54) is 111 Å². The molecule has 0 atom stereocenters. The molecule has 0 amide bonds. The summed E-state index contributed by atoms with van der Waals surface area (Å²) in [6.45, 7) is 9.59. The Kier molecular flexibility index (Phi) is 6.57. The summed E-state index contributed by atoms with van der Waals surface area (Å²) in [5.41, 5.74) is 24.4. The van der Waals surface area contributed by atoms with Crippen LogP contribution in [0.3, 0.4) is 0 Å². The van der Waals surface area contributed by atoms with Crippen LogP contribution in [0.15, 0.2) is 188 Å². The number of benzene rings is 9. The lowest BCUT2D eigenvalue weighted by Gasteiger charge is -2.33. The third-order valence-corrected chi connectivity index (χ3v) is 14.8. The van der Waals surface area contributed by atoms with Gasteiger partial charge in [-0.05, 0) is 137 Å². The predicted octanol–water partition coefficient (Wildman–Crippen LogP) is 15.3. The normalized spacial score (nSPS) is 15.7. The van der Waals surface area contributed by atoms with Crippen molar-refractivity contribution in [2.45, 2.75) is 43.9 Å². The Morgan fingerprint density at radius 1 is 0.300 bits per heavy atom. The summed E-state index contributed by atoms with van der Waals surface area (Å²) in [5.74, 6) is 0. The molecule has 13 rings (SSSR count). The highest BCUT2D eigenvalue weighted by Gasteiger charge is 2.52. The summed E-state index contributed by atoms with van der Waals surface area (Å²) < 4.78 is 0. The molecule has 9 aromatic carbocycles. The molecule has 0 fully saturated rings. The fourth-order valence-electron chi connectivity index (χ4n) is 12.1. The van der Waals surface area contributed by atoms with Gasteiger partial charge in [0.05, 0.1) is 11.1 Å². The van der Waals surface area contributed by atoms with E-state index in [-0.39, 0.29) is 10.8 Å². The van der Waals surface area contributed by atoms with Crippen molar-refractivity contribution >= 4 is 27.8 Å². The van der Waals surface area contributed by atoms with E-state index >= 15 is 0 Å². The quantitative estimate of drug-likeness (QED) is 0.173. The summed E-state index contributed by atoms with van der Waals surface area (Å²) in [6.07, 6.45) is 0. The van der Waals surface area contributed by atoms with Crippen LogP contribution < -0.4 is 4.90 Å². The fraction of sp³-hybridized carbons (Fsp3) is 0.119. The molecule has 0 bridgehead atoms. The van der Waals surface area contributed by atoms with E-state index in [2.05, 4.69) is 221 Å². The fourth-order valence-corrected chi connectivity index (χ4v) is 12.1. The molecule has 1 nitrogen and oxygen atoms in total. The van der Waals surface area contributed by atoms with E-state index in [1.54, 1.807) is 0 Å². The van der Waals surface area contributed by atoms with Crippen LogP contribution in [-0.4, -0.2) is 0 Å². The minimum atomic E-state index is -0.433. The van der Waals surface area contributed by atoms with E-state index < -0.39 is 5.41 Å². The van der Waals surface area contributed by atoms with Crippen LogP contribution in [0, 0.1) is 0 Å². The van der Waals surface area contributed by atoms with Gasteiger partial charge in [0, 0.05) is 27.8 Å². The molecule has 0 aliphatic heterocycles. The van der Waals surface area contributed by atoms with Gasteiger partial charge in [-0.3, -0.25) is 0 Å². The summed E-state index contributed by atoms with van der Waals surface area (Å²) >= 11 is 0. The lowest BCUT2D eigenvalue weighted by Crippen LogP contribution is -2.26. The van der Waals surface area contributed by atoms with Crippen molar-refractivity contribution in [2.75, 3.05) is 4.90 Å². The summed E-state index contributed by atoms with van der Waals surface area (Å²) in [7, 11) is 0.